The number of aromatic nitrogens is 1. The molecule has 3 N–H and O–H groups in total. The minimum atomic E-state index is -0.937. The van der Waals surface area contributed by atoms with E-state index in [9.17, 15) is 9.18 Å². The van der Waals surface area contributed by atoms with Gasteiger partial charge in [0.1, 0.15) is 11.9 Å². The van der Waals surface area contributed by atoms with E-state index in [0.29, 0.717) is 30.1 Å². The first-order valence-corrected chi connectivity index (χ1v) is 10.6. The van der Waals surface area contributed by atoms with Crippen LogP contribution in [-0.2, 0) is 11.2 Å². The summed E-state index contributed by atoms with van der Waals surface area (Å²) < 4.78 is 20.7. The second kappa shape index (κ2) is 9.78. The number of nitrogens with zero attached hydrogens (tertiary/aromatic N) is 1. The maximum atomic E-state index is 14.5. The van der Waals surface area contributed by atoms with Crippen LogP contribution in [0.15, 0.2) is 66.9 Å². The van der Waals surface area contributed by atoms with Crippen molar-refractivity contribution in [3.8, 4) is 5.88 Å². The van der Waals surface area contributed by atoms with E-state index in [1.807, 2.05) is 49.4 Å². The SMILES string of the molecule is C[C@@H](CN[C@H](c1ccccc1)[C@H]1CNc2cccnc2O1)c1cc(CC(=O)O)ccc1F. The summed E-state index contributed by atoms with van der Waals surface area (Å²) in [5.41, 5.74) is 3.01. The maximum absolute atomic E-state index is 14.5. The Bertz CT molecular complexity index is 1080. The Hall–Kier alpha value is -3.45. The molecule has 0 fully saturated rings. The summed E-state index contributed by atoms with van der Waals surface area (Å²) in [6.07, 6.45) is 1.35. The summed E-state index contributed by atoms with van der Waals surface area (Å²) in [4.78, 5) is 15.4. The van der Waals surface area contributed by atoms with Crippen LogP contribution in [0, 0.1) is 5.82 Å². The van der Waals surface area contributed by atoms with Crippen molar-refractivity contribution < 1.29 is 19.0 Å². The zero-order chi connectivity index (χ0) is 22.5. The molecule has 1 aliphatic rings. The molecule has 0 unspecified atom stereocenters. The fraction of sp³-hybridized carbons (Fsp3) is 0.280. The quantitative estimate of drug-likeness (QED) is 0.493. The molecule has 0 bridgehead atoms. The third-order valence-corrected chi connectivity index (χ3v) is 5.65. The first-order chi connectivity index (χ1) is 15.5. The highest BCUT2D eigenvalue weighted by Crippen LogP contribution is 2.31. The number of fused-ring (bicyclic) bond motifs is 1. The lowest BCUT2D eigenvalue weighted by Crippen LogP contribution is -2.43. The number of anilines is 1. The van der Waals surface area contributed by atoms with E-state index < -0.39 is 5.97 Å². The first kappa shape index (κ1) is 21.8. The summed E-state index contributed by atoms with van der Waals surface area (Å²) in [7, 11) is 0. The average molecular weight is 435 g/mol. The van der Waals surface area contributed by atoms with Crippen LogP contribution in [0.3, 0.4) is 0 Å². The summed E-state index contributed by atoms with van der Waals surface area (Å²) in [6.45, 7) is 3.01. The molecule has 1 aromatic heterocycles. The molecule has 0 amide bonds. The topological polar surface area (TPSA) is 83.5 Å². The number of carboxylic acids is 1. The highest BCUT2D eigenvalue weighted by atomic mass is 19.1. The van der Waals surface area contributed by atoms with Crippen LogP contribution in [0.5, 0.6) is 5.88 Å². The van der Waals surface area contributed by atoms with E-state index in [2.05, 4.69) is 15.6 Å². The molecule has 7 heteroatoms. The highest BCUT2D eigenvalue weighted by molar-refractivity contribution is 5.70. The molecule has 0 saturated carbocycles. The largest absolute Gasteiger partial charge is 0.481 e. The lowest BCUT2D eigenvalue weighted by Gasteiger charge is -2.33. The summed E-state index contributed by atoms with van der Waals surface area (Å²) in [5, 5.41) is 16.0. The maximum Gasteiger partial charge on any atom is 0.307 e. The van der Waals surface area contributed by atoms with Crippen molar-refractivity contribution in [2.45, 2.75) is 31.4 Å². The minimum absolute atomic E-state index is 0.131. The van der Waals surface area contributed by atoms with Gasteiger partial charge in [0.05, 0.1) is 24.7 Å². The molecule has 4 rings (SSSR count). The fourth-order valence-electron chi connectivity index (χ4n) is 3.99. The van der Waals surface area contributed by atoms with Crippen LogP contribution in [0.2, 0.25) is 0 Å². The number of carbonyl (C=O) groups is 1. The van der Waals surface area contributed by atoms with Gasteiger partial charge in [-0.15, -0.1) is 0 Å². The number of hydrogen-bond donors (Lipinski definition) is 3. The fourth-order valence-corrected chi connectivity index (χ4v) is 3.99. The van der Waals surface area contributed by atoms with E-state index in [4.69, 9.17) is 9.84 Å². The number of pyridine rings is 1. The van der Waals surface area contributed by atoms with Crippen LogP contribution < -0.4 is 15.4 Å². The summed E-state index contributed by atoms with van der Waals surface area (Å²) >= 11 is 0. The number of benzene rings is 2. The highest BCUT2D eigenvalue weighted by Gasteiger charge is 2.30. The van der Waals surface area contributed by atoms with Gasteiger partial charge in [0.2, 0.25) is 5.88 Å². The van der Waals surface area contributed by atoms with Gasteiger partial charge in [-0.2, -0.15) is 0 Å². The Labute approximate surface area is 186 Å². The van der Waals surface area contributed by atoms with Crippen LogP contribution in [0.4, 0.5) is 10.1 Å². The molecule has 0 spiro atoms. The number of nitrogens with one attached hydrogen (secondary N) is 2. The van der Waals surface area contributed by atoms with E-state index >= 15 is 0 Å². The molecule has 0 aliphatic carbocycles. The van der Waals surface area contributed by atoms with Gasteiger partial charge in [-0.05, 0) is 40.8 Å². The van der Waals surface area contributed by atoms with Crippen molar-refractivity contribution in [3.05, 3.63) is 89.4 Å². The Morgan fingerprint density at radius 3 is 2.84 bits per heavy atom. The lowest BCUT2D eigenvalue weighted by molar-refractivity contribution is -0.136. The zero-order valence-electron chi connectivity index (χ0n) is 17.8. The van der Waals surface area contributed by atoms with Gasteiger partial charge in [0, 0.05) is 12.7 Å². The zero-order valence-corrected chi connectivity index (χ0v) is 17.8. The van der Waals surface area contributed by atoms with Gasteiger partial charge >= 0.3 is 5.97 Å². The molecule has 6 nitrogen and oxygen atoms in total. The van der Waals surface area contributed by atoms with E-state index in [1.165, 1.54) is 12.1 Å². The van der Waals surface area contributed by atoms with Gasteiger partial charge in [-0.25, -0.2) is 9.37 Å². The minimum Gasteiger partial charge on any atom is -0.481 e. The summed E-state index contributed by atoms with van der Waals surface area (Å²) in [5.74, 6) is -0.879. The second-order valence-corrected chi connectivity index (χ2v) is 8.02. The molecular formula is C25H26FN3O3. The Kier molecular flexibility index (Phi) is 6.66. The molecule has 2 heterocycles. The van der Waals surface area contributed by atoms with Crippen molar-refractivity contribution >= 4 is 11.7 Å². The molecule has 0 saturated heterocycles. The van der Waals surface area contributed by atoms with Gasteiger partial charge in [0.25, 0.3) is 0 Å². The number of carboxylic acid groups (broad SMARTS) is 1. The monoisotopic (exact) mass is 435 g/mol. The first-order valence-electron chi connectivity index (χ1n) is 10.6. The van der Waals surface area contributed by atoms with Gasteiger partial charge < -0.3 is 20.5 Å². The number of hydrogen-bond acceptors (Lipinski definition) is 5. The van der Waals surface area contributed by atoms with Gasteiger partial charge in [-0.3, -0.25) is 4.79 Å². The lowest BCUT2D eigenvalue weighted by atomic mass is 9.95. The van der Waals surface area contributed by atoms with E-state index in [0.717, 1.165) is 11.3 Å². The summed E-state index contributed by atoms with van der Waals surface area (Å²) in [6, 6.07) is 18.1. The molecule has 32 heavy (non-hydrogen) atoms. The van der Waals surface area contributed by atoms with E-state index in [1.54, 1.807) is 12.3 Å². The predicted molar refractivity (Wildman–Crippen MR) is 120 cm³/mol. The van der Waals surface area contributed by atoms with Crippen molar-refractivity contribution in [2.75, 3.05) is 18.4 Å². The van der Waals surface area contributed by atoms with Crippen molar-refractivity contribution in [1.29, 1.82) is 0 Å². The van der Waals surface area contributed by atoms with E-state index in [-0.39, 0.29) is 30.3 Å². The molecule has 0 radical (unpaired) electrons. The van der Waals surface area contributed by atoms with Crippen LogP contribution in [0.1, 0.15) is 35.6 Å². The Morgan fingerprint density at radius 1 is 1.25 bits per heavy atom. The standard InChI is InChI=1S/C25H26FN3O3/c1-16(19-12-17(13-23(30)31)9-10-20(19)26)14-29-24(18-6-3-2-4-7-18)22-15-28-21-8-5-11-27-25(21)32-22/h2-12,16,22,24,28-29H,13-15H2,1H3,(H,30,31)/t16-,22+,24+/m0/s1. The molecule has 1 aliphatic heterocycles. The van der Waals surface area contributed by atoms with Crippen molar-refractivity contribution in [3.63, 3.8) is 0 Å². The number of ether oxygens (including phenoxy) is 1. The third kappa shape index (κ3) is 5.06. The van der Waals surface area contributed by atoms with Crippen LogP contribution in [-0.4, -0.2) is 35.3 Å². The molecule has 3 atom stereocenters. The Morgan fingerprint density at radius 2 is 2.06 bits per heavy atom. The number of halogens is 1. The number of rotatable bonds is 8. The Balaban J connectivity index is 1.52. The van der Waals surface area contributed by atoms with Crippen molar-refractivity contribution in [1.82, 2.24) is 10.3 Å². The van der Waals surface area contributed by atoms with Crippen molar-refractivity contribution in [2.24, 2.45) is 0 Å². The average Bonchev–Trinajstić information content (AvgIpc) is 2.80. The molecular weight excluding hydrogens is 409 g/mol. The number of aliphatic carboxylic acids is 1. The second-order valence-electron chi connectivity index (χ2n) is 8.02. The molecule has 2 aromatic carbocycles. The van der Waals surface area contributed by atoms with Crippen LogP contribution in [0.25, 0.3) is 0 Å². The molecule has 166 valence electrons. The van der Waals surface area contributed by atoms with Gasteiger partial charge in [0.15, 0.2) is 0 Å². The van der Waals surface area contributed by atoms with Gasteiger partial charge in [-0.1, -0.05) is 49.4 Å². The normalized spacial score (nSPS) is 16.9. The van der Waals surface area contributed by atoms with Crippen LogP contribution >= 0.6 is 0 Å². The molecule has 3 aromatic rings. The third-order valence-electron chi connectivity index (χ3n) is 5.65. The smallest absolute Gasteiger partial charge is 0.307 e. The predicted octanol–water partition coefficient (Wildman–Crippen LogP) is 4.16.